The summed E-state index contributed by atoms with van der Waals surface area (Å²) in [5.41, 5.74) is 6.17. The minimum Gasteiger partial charge on any atom is -0.496 e. The Hall–Kier alpha value is -2.67. The molecule has 1 fully saturated rings. The summed E-state index contributed by atoms with van der Waals surface area (Å²) in [6, 6.07) is 4.30. The van der Waals surface area contributed by atoms with E-state index in [1.54, 1.807) is 6.92 Å². The molecule has 1 amide bonds. The molecular weight excluding hydrogens is 412 g/mol. The first-order chi connectivity index (χ1) is 14.1. The van der Waals surface area contributed by atoms with Crippen LogP contribution in [0.25, 0.3) is 0 Å². The molecule has 0 aliphatic carbocycles. The Morgan fingerprint density at radius 1 is 1.33 bits per heavy atom. The predicted molar refractivity (Wildman–Crippen MR) is 110 cm³/mol. The maximum atomic E-state index is 13.1. The lowest BCUT2D eigenvalue weighted by Gasteiger charge is -2.31. The number of ether oxygens (including phenoxy) is 1. The summed E-state index contributed by atoms with van der Waals surface area (Å²) < 4.78 is 32.9. The van der Waals surface area contributed by atoms with Crippen LogP contribution in [0.15, 0.2) is 23.1 Å². The van der Waals surface area contributed by atoms with Crippen LogP contribution in [-0.2, 0) is 10.0 Å². The number of aromatic nitrogens is 2. The number of amides is 1. The molecule has 1 aliphatic heterocycles. The van der Waals surface area contributed by atoms with Crippen LogP contribution in [0.4, 0.5) is 5.69 Å². The monoisotopic (exact) mass is 438 g/mol. The Kier molecular flexibility index (Phi) is 6.31. The van der Waals surface area contributed by atoms with Gasteiger partial charge in [0.05, 0.1) is 23.4 Å². The van der Waals surface area contributed by atoms with E-state index in [9.17, 15) is 18.3 Å². The molecule has 1 atom stereocenters. The molecular formula is C18H26N6O5S. The molecule has 11 nitrogen and oxygen atoms in total. The fourth-order valence-corrected chi connectivity index (χ4v) is 4.72. The van der Waals surface area contributed by atoms with Gasteiger partial charge in [-0.05, 0) is 32.2 Å². The first kappa shape index (κ1) is 22.0. The van der Waals surface area contributed by atoms with Crippen molar-refractivity contribution in [3.05, 3.63) is 35.2 Å². The van der Waals surface area contributed by atoms with E-state index in [2.05, 4.69) is 20.4 Å². The first-order valence-corrected chi connectivity index (χ1v) is 10.7. The van der Waals surface area contributed by atoms with Crippen molar-refractivity contribution in [2.75, 3.05) is 45.7 Å². The zero-order valence-electron chi connectivity index (χ0n) is 17.0. The Morgan fingerprint density at radius 2 is 2.00 bits per heavy atom. The molecule has 1 aliphatic rings. The fraction of sp³-hybridized carbons (Fsp3) is 0.444. The van der Waals surface area contributed by atoms with Crippen LogP contribution in [0.2, 0.25) is 0 Å². The number of hydrogen-bond acceptors (Lipinski definition) is 8. The van der Waals surface area contributed by atoms with Gasteiger partial charge in [0.15, 0.2) is 11.9 Å². The quantitative estimate of drug-likeness (QED) is 0.436. The third-order valence-corrected chi connectivity index (χ3v) is 6.95. The SMILES string of the molecule is COc1ccc(S(=O)(=O)N2CCN(C)CC2)cc1C(O)Nc1c(C(N)=O)n[nH]c1C. The summed E-state index contributed by atoms with van der Waals surface area (Å²) in [6.45, 7) is 3.71. The van der Waals surface area contributed by atoms with E-state index in [1.165, 1.54) is 29.6 Å². The number of primary amides is 1. The number of anilines is 1. The molecule has 5 N–H and O–H groups in total. The number of aliphatic hydroxyl groups excluding tert-OH is 1. The Bertz CT molecular complexity index is 1030. The number of nitrogens with one attached hydrogen (secondary N) is 2. The molecule has 0 saturated carbocycles. The summed E-state index contributed by atoms with van der Waals surface area (Å²) in [5.74, 6) is -0.485. The molecule has 0 radical (unpaired) electrons. The third-order valence-electron chi connectivity index (χ3n) is 5.06. The second kappa shape index (κ2) is 8.60. The summed E-state index contributed by atoms with van der Waals surface area (Å²) in [6.07, 6.45) is -1.38. The van der Waals surface area contributed by atoms with Gasteiger partial charge in [0.25, 0.3) is 5.91 Å². The van der Waals surface area contributed by atoms with E-state index < -0.39 is 22.2 Å². The highest BCUT2D eigenvalue weighted by molar-refractivity contribution is 7.89. The molecule has 1 aromatic carbocycles. The van der Waals surface area contributed by atoms with E-state index >= 15 is 0 Å². The number of rotatable bonds is 7. The zero-order valence-corrected chi connectivity index (χ0v) is 17.9. The maximum Gasteiger partial charge on any atom is 0.271 e. The number of aliphatic hydroxyl groups is 1. The van der Waals surface area contributed by atoms with Gasteiger partial charge in [0.1, 0.15) is 5.75 Å². The minimum atomic E-state index is -3.74. The first-order valence-electron chi connectivity index (χ1n) is 9.31. The number of H-pyrrole nitrogens is 1. The summed E-state index contributed by atoms with van der Waals surface area (Å²) in [5, 5.41) is 20.0. The molecule has 12 heteroatoms. The van der Waals surface area contributed by atoms with Gasteiger partial charge >= 0.3 is 0 Å². The highest BCUT2D eigenvalue weighted by atomic mass is 32.2. The number of sulfonamides is 1. The van der Waals surface area contributed by atoms with Gasteiger partial charge in [-0.15, -0.1) is 0 Å². The van der Waals surface area contributed by atoms with E-state index in [1.807, 2.05) is 7.05 Å². The largest absolute Gasteiger partial charge is 0.496 e. The van der Waals surface area contributed by atoms with Crippen LogP contribution in [0.5, 0.6) is 5.75 Å². The Morgan fingerprint density at radius 3 is 2.60 bits per heavy atom. The lowest BCUT2D eigenvalue weighted by Crippen LogP contribution is -2.47. The highest BCUT2D eigenvalue weighted by Gasteiger charge is 2.29. The van der Waals surface area contributed by atoms with Crippen molar-refractivity contribution in [1.82, 2.24) is 19.4 Å². The lowest BCUT2D eigenvalue weighted by molar-refractivity contribution is 0.0996. The number of methoxy groups -OCH3 is 1. The van der Waals surface area contributed by atoms with E-state index in [4.69, 9.17) is 10.5 Å². The van der Waals surface area contributed by atoms with Crippen molar-refractivity contribution in [3.63, 3.8) is 0 Å². The van der Waals surface area contributed by atoms with Crippen LogP contribution in [0, 0.1) is 6.92 Å². The van der Waals surface area contributed by atoms with Crippen LogP contribution >= 0.6 is 0 Å². The Balaban J connectivity index is 1.93. The van der Waals surface area contributed by atoms with Gasteiger partial charge in [0, 0.05) is 31.7 Å². The number of likely N-dealkylation sites (N-methyl/N-ethyl adjacent to an activating group) is 1. The average Bonchev–Trinajstić information content (AvgIpc) is 3.08. The van der Waals surface area contributed by atoms with Crippen LogP contribution < -0.4 is 15.8 Å². The van der Waals surface area contributed by atoms with E-state index in [0.29, 0.717) is 31.9 Å². The second-order valence-corrected chi connectivity index (χ2v) is 9.03. The van der Waals surface area contributed by atoms with Crippen LogP contribution in [0.3, 0.4) is 0 Å². The number of nitrogens with zero attached hydrogens (tertiary/aromatic N) is 3. The molecule has 1 saturated heterocycles. The minimum absolute atomic E-state index is 0.0442. The summed E-state index contributed by atoms with van der Waals surface area (Å²) >= 11 is 0. The summed E-state index contributed by atoms with van der Waals surface area (Å²) in [4.78, 5) is 13.7. The molecule has 164 valence electrons. The van der Waals surface area contributed by atoms with Crippen molar-refractivity contribution in [1.29, 1.82) is 0 Å². The highest BCUT2D eigenvalue weighted by Crippen LogP contribution is 2.31. The van der Waals surface area contributed by atoms with Gasteiger partial charge in [-0.2, -0.15) is 9.40 Å². The second-order valence-electron chi connectivity index (χ2n) is 7.09. The Labute approximate surface area is 174 Å². The number of piperazine rings is 1. The zero-order chi connectivity index (χ0) is 22.1. The van der Waals surface area contributed by atoms with Crippen molar-refractivity contribution in [2.45, 2.75) is 18.0 Å². The number of aromatic amines is 1. The van der Waals surface area contributed by atoms with Gasteiger partial charge in [-0.3, -0.25) is 9.89 Å². The van der Waals surface area contributed by atoms with Crippen LogP contribution in [-0.4, -0.2) is 79.2 Å². The van der Waals surface area contributed by atoms with Gasteiger partial charge in [-0.1, -0.05) is 0 Å². The molecule has 30 heavy (non-hydrogen) atoms. The molecule has 2 heterocycles. The average molecular weight is 439 g/mol. The van der Waals surface area contributed by atoms with Crippen molar-refractivity contribution in [2.24, 2.45) is 5.73 Å². The van der Waals surface area contributed by atoms with Crippen molar-refractivity contribution >= 4 is 21.6 Å². The number of nitrogens with two attached hydrogens (primary N) is 1. The van der Waals surface area contributed by atoms with Gasteiger partial charge < -0.3 is 25.8 Å². The molecule has 3 rings (SSSR count). The molecule has 0 spiro atoms. The molecule has 0 bridgehead atoms. The predicted octanol–water partition coefficient (Wildman–Crippen LogP) is -0.135. The molecule has 2 aromatic rings. The topological polar surface area (TPSA) is 154 Å². The number of carbonyl (C=O) groups is 1. The third kappa shape index (κ3) is 4.26. The van der Waals surface area contributed by atoms with E-state index in [-0.39, 0.29) is 27.6 Å². The summed E-state index contributed by atoms with van der Waals surface area (Å²) in [7, 11) is -0.384. The number of benzene rings is 1. The number of hydrogen-bond donors (Lipinski definition) is 4. The van der Waals surface area contributed by atoms with Gasteiger partial charge in [0.2, 0.25) is 10.0 Å². The standard InChI is InChI=1S/C18H26N6O5S/c1-11-15(16(17(19)25)22-21-11)20-18(26)13-10-12(4-5-14(13)29-3)30(27,28)24-8-6-23(2)7-9-24/h4-5,10,18,20,26H,6-9H2,1-3H3,(H2,19,25)(H,21,22). The number of carbonyl (C=O) groups excluding carboxylic acids is 1. The molecule has 1 unspecified atom stereocenters. The van der Waals surface area contributed by atoms with Crippen LogP contribution in [0.1, 0.15) is 28.0 Å². The normalized spacial score (nSPS) is 16.9. The number of aryl methyl sites for hydroxylation is 1. The smallest absolute Gasteiger partial charge is 0.271 e. The van der Waals surface area contributed by atoms with Crippen molar-refractivity contribution < 1.29 is 23.1 Å². The fourth-order valence-electron chi connectivity index (χ4n) is 3.26. The molecule has 1 aromatic heterocycles. The maximum absolute atomic E-state index is 13.1. The van der Waals surface area contributed by atoms with E-state index in [0.717, 1.165) is 0 Å². The van der Waals surface area contributed by atoms with Gasteiger partial charge in [-0.25, -0.2) is 8.42 Å². The lowest BCUT2D eigenvalue weighted by atomic mass is 10.1. The van der Waals surface area contributed by atoms with Crippen molar-refractivity contribution in [3.8, 4) is 5.75 Å².